The highest BCUT2D eigenvalue weighted by Crippen LogP contribution is 2.29. The Balaban J connectivity index is 1.42. The molecule has 0 bridgehead atoms. The van der Waals surface area contributed by atoms with Crippen molar-refractivity contribution in [3.8, 4) is 5.75 Å². The van der Waals surface area contributed by atoms with Crippen LogP contribution in [0.25, 0.3) is 0 Å². The average Bonchev–Trinajstić information content (AvgIpc) is 3.13. The summed E-state index contributed by atoms with van der Waals surface area (Å²) in [5.41, 5.74) is 0.915. The van der Waals surface area contributed by atoms with Crippen LogP contribution in [0.5, 0.6) is 5.75 Å². The number of hydrogen-bond donors (Lipinski definition) is 2. The van der Waals surface area contributed by atoms with E-state index in [-0.39, 0.29) is 4.90 Å². The SMILES string of the molecule is CC1NC(N2CCN(S(=O)(=O)c3ccc4c(c3)CCO4)CC2)NC(=O)C1F. The number of ether oxygens (including phenoxy) is 1. The number of halogens is 1. The topological polar surface area (TPSA) is 91.0 Å². The molecule has 148 valence electrons. The molecule has 0 aliphatic carbocycles. The van der Waals surface area contributed by atoms with Crippen molar-refractivity contribution < 1.29 is 22.3 Å². The van der Waals surface area contributed by atoms with E-state index in [0.717, 1.165) is 11.3 Å². The minimum atomic E-state index is -3.58. The number of alkyl halides is 1. The third kappa shape index (κ3) is 3.42. The van der Waals surface area contributed by atoms with Crippen molar-refractivity contribution in [3.05, 3.63) is 23.8 Å². The van der Waals surface area contributed by atoms with Crippen LogP contribution in [0, 0.1) is 0 Å². The molecule has 10 heteroatoms. The zero-order chi connectivity index (χ0) is 19.2. The lowest BCUT2D eigenvalue weighted by Crippen LogP contribution is -2.69. The first-order valence-electron chi connectivity index (χ1n) is 9.07. The third-order valence-corrected chi connectivity index (χ3v) is 7.22. The number of amides is 1. The maximum absolute atomic E-state index is 13.6. The number of nitrogens with zero attached hydrogens (tertiary/aromatic N) is 2. The Morgan fingerprint density at radius 3 is 2.67 bits per heavy atom. The Hall–Kier alpha value is -1.75. The molecule has 4 rings (SSSR count). The molecule has 3 aliphatic heterocycles. The molecule has 0 radical (unpaired) electrons. The predicted octanol–water partition coefficient (Wildman–Crippen LogP) is -0.343. The number of piperazine rings is 1. The van der Waals surface area contributed by atoms with Crippen molar-refractivity contribution >= 4 is 15.9 Å². The van der Waals surface area contributed by atoms with E-state index in [2.05, 4.69) is 10.6 Å². The van der Waals surface area contributed by atoms with E-state index in [1.165, 1.54) is 4.31 Å². The fraction of sp³-hybridized carbons (Fsp3) is 0.588. The summed E-state index contributed by atoms with van der Waals surface area (Å²) < 4.78 is 46.4. The fourth-order valence-corrected chi connectivity index (χ4v) is 5.16. The molecule has 0 aromatic heterocycles. The first kappa shape index (κ1) is 18.6. The number of nitrogens with one attached hydrogen (secondary N) is 2. The molecule has 3 unspecified atom stereocenters. The first-order chi connectivity index (χ1) is 12.9. The lowest BCUT2D eigenvalue weighted by atomic mass is 10.1. The van der Waals surface area contributed by atoms with Crippen LogP contribution in [0.4, 0.5) is 4.39 Å². The van der Waals surface area contributed by atoms with Gasteiger partial charge in [0.1, 0.15) is 12.0 Å². The van der Waals surface area contributed by atoms with Gasteiger partial charge in [0.25, 0.3) is 5.91 Å². The Labute approximate surface area is 157 Å². The lowest BCUT2D eigenvalue weighted by Gasteiger charge is -2.42. The molecule has 2 fully saturated rings. The normalized spacial score (nSPS) is 29.9. The van der Waals surface area contributed by atoms with Crippen molar-refractivity contribution in [2.24, 2.45) is 0 Å². The summed E-state index contributed by atoms with van der Waals surface area (Å²) in [6.07, 6.45) is -1.35. The van der Waals surface area contributed by atoms with Gasteiger partial charge in [-0.3, -0.25) is 15.0 Å². The quantitative estimate of drug-likeness (QED) is 0.724. The van der Waals surface area contributed by atoms with Gasteiger partial charge in [-0.05, 0) is 30.7 Å². The molecule has 1 aromatic rings. The maximum Gasteiger partial charge on any atom is 0.258 e. The number of benzene rings is 1. The number of hydrogen-bond acceptors (Lipinski definition) is 6. The molecule has 8 nitrogen and oxygen atoms in total. The van der Waals surface area contributed by atoms with Gasteiger partial charge in [0.15, 0.2) is 6.17 Å². The molecule has 2 saturated heterocycles. The van der Waals surface area contributed by atoms with Crippen LogP contribution >= 0.6 is 0 Å². The molecular formula is C17H23FN4O4S. The zero-order valence-electron chi connectivity index (χ0n) is 15.0. The summed E-state index contributed by atoms with van der Waals surface area (Å²) in [5.74, 6) is 0.111. The van der Waals surface area contributed by atoms with Gasteiger partial charge in [-0.2, -0.15) is 4.31 Å². The molecule has 0 spiro atoms. The third-order valence-electron chi connectivity index (χ3n) is 5.33. The Morgan fingerprint density at radius 2 is 1.96 bits per heavy atom. The second-order valence-corrected chi connectivity index (χ2v) is 9.01. The van der Waals surface area contributed by atoms with Gasteiger partial charge < -0.3 is 10.1 Å². The summed E-state index contributed by atoms with van der Waals surface area (Å²) in [7, 11) is -3.58. The van der Waals surface area contributed by atoms with Crippen molar-refractivity contribution in [1.29, 1.82) is 0 Å². The van der Waals surface area contributed by atoms with Gasteiger partial charge in [0, 0.05) is 38.6 Å². The van der Waals surface area contributed by atoms with Crippen LogP contribution in [-0.4, -0.2) is 74.8 Å². The van der Waals surface area contributed by atoms with Crippen LogP contribution in [-0.2, 0) is 21.2 Å². The maximum atomic E-state index is 13.6. The van der Waals surface area contributed by atoms with Gasteiger partial charge >= 0.3 is 0 Å². The standard InChI is InChI=1S/C17H23FN4O4S/c1-11-15(18)16(23)20-17(19-11)21-5-7-22(8-6-21)27(24,25)13-2-3-14-12(10-13)4-9-26-14/h2-3,10-11,15,17,19H,4-9H2,1H3,(H,20,23). The van der Waals surface area contributed by atoms with E-state index >= 15 is 0 Å². The molecular weight excluding hydrogens is 375 g/mol. The minimum Gasteiger partial charge on any atom is -0.493 e. The molecule has 3 aliphatic rings. The number of carbonyl (C=O) groups excluding carboxylic acids is 1. The van der Waals surface area contributed by atoms with Crippen LogP contribution in [0.1, 0.15) is 12.5 Å². The zero-order valence-corrected chi connectivity index (χ0v) is 15.8. The number of rotatable bonds is 3. The molecule has 27 heavy (non-hydrogen) atoms. The molecule has 3 atom stereocenters. The van der Waals surface area contributed by atoms with Crippen molar-refractivity contribution in [2.45, 2.75) is 36.7 Å². The van der Waals surface area contributed by atoms with E-state index in [1.54, 1.807) is 25.1 Å². The van der Waals surface area contributed by atoms with E-state index < -0.39 is 34.4 Å². The summed E-state index contributed by atoms with van der Waals surface area (Å²) in [6, 6.07) is 4.40. The molecule has 3 heterocycles. The summed E-state index contributed by atoms with van der Waals surface area (Å²) >= 11 is 0. The van der Waals surface area contributed by atoms with Gasteiger partial charge in [-0.15, -0.1) is 0 Å². The minimum absolute atomic E-state index is 0.276. The van der Waals surface area contributed by atoms with Gasteiger partial charge in [-0.25, -0.2) is 12.8 Å². The van der Waals surface area contributed by atoms with Crippen LogP contribution < -0.4 is 15.4 Å². The first-order valence-corrected chi connectivity index (χ1v) is 10.5. The second kappa shape index (κ2) is 7.01. The summed E-state index contributed by atoms with van der Waals surface area (Å²) in [6.45, 7) is 3.68. The van der Waals surface area contributed by atoms with E-state index in [4.69, 9.17) is 4.74 Å². The summed E-state index contributed by atoms with van der Waals surface area (Å²) in [4.78, 5) is 13.9. The summed E-state index contributed by atoms with van der Waals surface area (Å²) in [5, 5.41) is 5.62. The monoisotopic (exact) mass is 398 g/mol. The Kier molecular flexibility index (Phi) is 4.83. The number of carbonyl (C=O) groups is 1. The van der Waals surface area contributed by atoms with Crippen LogP contribution in [0.3, 0.4) is 0 Å². The van der Waals surface area contributed by atoms with E-state index in [1.807, 2.05) is 4.90 Å². The van der Waals surface area contributed by atoms with Gasteiger partial charge in [-0.1, -0.05) is 0 Å². The highest BCUT2D eigenvalue weighted by molar-refractivity contribution is 7.89. The molecule has 0 saturated carbocycles. The predicted molar refractivity (Wildman–Crippen MR) is 95.4 cm³/mol. The largest absolute Gasteiger partial charge is 0.493 e. The average molecular weight is 398 g/mol. The van der Waals surface area contributed by atoms with Gasteiger partial charge in [0.2, 0.25) is 10.0 Å². The number of fused-ring (bicyclic) bond motifs is 1. The molecule has 2 N–H and O–H groups in total. The van der Waals surface area contributed by atoms with Crippen molar-refractivity contribution in [1.82, 2.24) is 19.8 Å². The smallest absolute Gasteiger partial charge is 0.258 e. The highest BCUT2D eigenvalue weighted by atomic mass is 32.2. The van der Waals surface area contributed by atoms with Gasteiger partial charge in [0.05, 0.1) is 11.5 Å². The highest BCUT2D eigenvalue weighted by Gasteiger charge is 2.38. The number of sulfonamides is 1. The van der Waals surface area contributed by atoms with E-state index in [0.29, 0.717) is 39.2 Å². The van der Waals surface area contributed by atoms with E-state index in [9.17, 15) is 17.6 Å². The van der Waals surface area contributed by atoms with Crippen molar-refractivity contribution in [3.63, 3.8) is 0 Å². The molecule has 1 amide bonds. The Morgan fingerprint density at radius 1 is 1.22 bits per heavy atom. The Bertz CT molecular complexity index is 841. The molecule has 1 aromatic carbocycles. The fourth-order valence-electron chi connectivity index (χ4n) is 3.69. The van der Waals surface area contributed by atoms with Crippen LogP contribution in [0.2, 0.25) is 0 Å². The second-order valence-electron chi connectivity index (χ2n) is 7.08. The van der Waals surface area contributed by atoms with Crippen LogP contribution in [0.15, 0.2) is 23.1 Å². The lowest BCUT2D eigenvalue weighted by molar-refractivity contribution is -0.133. The van der Waals surface area contributed by atoms with Crippen molar-refractivity contribution in [2.75, 3.05) is 32.8 Å².